The normalized spacial score (nSPS) is 18.8. The molecule has 1 amide bonds. The molecule has 0 aliphatic carbocycles. The second-order valence-electron chi connectivity index (χ2n) is 6.09. The van der Waals surface area contributed by atoms with Crippen LogP contribution in [0.2, 0.25) is 0 Å². The van der Waals surface area contributed by atoms with E-state index in [0.29, 0.717) is 0 Å². The molecule has 0 saturated heterocycles. The number of hydrogen-bond donors (Lipinski definition) is 2. The van der Waals surface area contributed by atoms with Crippen molar-refractivity contribution in [1.82, 2.24) is 9.88 Å². The monoisotopic (exact) mass is 297 g/mol. The van der Waals surface area contributed by atoms with E-state index in [2.05, 4.69) is 37.1 Å². The third kappa shape index (κ3) is 2.28. The van der Waals surface area contributed by atoms with Crippen LogP contribution < -0.4 is 5.32 Å². The number of aromatic nitrogens is 1. The summed E-state index contributed by atoms with van der Waals surface area (Å²) in [5, 5.41) is 3.55. The van der Waals surface area contributed by atoms with Gasteiger partial charge >= 0.3 is 0 Å². The zero-order chi connectivity index (χ0) is 15.9. The van der Waals surface area contributed by atoms with Gasteiger partial charge in [0.05, 0.1) is 5.56 Å². The molecule has 1 aliphatic heterocycles. The van der Waals surface area contributed by atoms with Crippen LogP contribution in [0.25, 0.3) is 0 Å². The lowest BCUT2D eigenvalue weighted by Gasteiger charge is -2.41. The van der Waals surface area contributed by atoms with Crippen LogP contribution in [-0.2, 0) is 0 Å². The van der Waals surface area contributed by atoms with Crippen LogP contribution in [0.15, 0.2) is 30.3 Å². The lowest BCUT2D eigenvalue weighted by molar-refractivity contribution is 0.0593. The molecule has 4 nitrogen and oxygen atoms in total. The van der Waals surface area contributed by atoms with Gasteiger partial charge in [0.25, 0.3) is 5.91 Å². The molecule has 1 aromatic carbocycles. The quantitative estimate of drug-likeness (QED) is 0.899. The predicted octanol–water partition coefficient (Wildman–Crippen LogP) is 4.00. The minimum Gasteiger partial charge on any atom is -0.362 e. The Morgan fingerprint density at radius 3 is 2.64 bits per heavy atom. The van der Waals surface area contributed by atoms with Crippen LogP contribution in [-0.4, -0.2) is 21.8 Å². The Hall–Kier alpha value is -2.23. The first-order valence-corrected chi connectivity index (χ1v) is 7.87. The third-order valence-electron chi connectivity index (χ3n) is 4.51. The molecule has 1 aliphatic rings. The highest BCUT2D eigenvalue weighted by atomic mass is 16.2. The van der Waals surface area contributed by atoms with E-state index in [1.807, 2.05) is 36.1 Å². The number of H-pyrrole nitrogens is 1. The van der Waals surface area contributed by atoms with E-state index in [0.717, 1.165) is 34.6 Å². The summed E-state index contributed by atoms with van der Waals surface area (Å²) in [6, 6.07) is 10.1. The molecule has 0 spiro atoms. The summed E-state index contributed by atoms with van der Waals surface area (Å²) in [6.07, 6.45) is 0.802. The van der Waals surface area contributed by atoms with Crippen LogP contribution in [0.3, 0.4) is 0 Å². The van der Waals surface area contributed by atoms with Gasteiger partial charge in [-0.2, -0.15) is 0 Å². The molecular formula is C18H23N3O. The van der Waals surface area contributed by atoms with Crippen LogP contribution in [0.5, 0.6) is 0 Å². The number of fused-ring (bicyclic) bond motifs is 1. The van der Waals surface area contributed by atoms with Crippen LogP contribution in [0.4, 0.5) is 5.69 Å². The first kappa shape index (κ1) is 14.7. The van der Waals surface area contributed by atoms with Gasteiger partial charge in [-0.3, -0.25) is 4.79 Å². The van der Waals surface area contributed by atoms with Gasteiger partial charge < -0.3 is 15.2 Å². The average Bonchev–Trinajstić information content (AvgIpc) is 2.85. The summed E-state index contributed by atoms with van der Waals surface area (Å²) in [4.78, 5) is 18.3. The van der Waals surface area contributed by atoms with Gasteiger partial charge in [-0.05, 0) is 45.4 Å². The number of anilines is 1. The van der Waals surface area contributed by atoms with Gasteiger partial charge in [0.15, 0.2) is 0 Å². The maximum absolute atomic E-state index is 13.0. The fraction of sp³-hybridized carbons (Fsp3) is 0.389. The number of carbonyl (C=O) groups excluding carboxylic acids is 1. The fourth-order valence-corrected chi connectivity index (χ4v) is 3.18. The highest BCUT2D eigenvalue weighted by Gasteiger charge is 2.36. The minimum absolute atomic E-state index is 0.104. The lowest BCUT2D eigenvalue weighted by atomic mass is 10.0. The topological polar surface area (TPSA) is 48.1 Å². The zero-order valence-corrected chi connectivity index (χ0v) is 13.6. The first-order chi connectivity index (χ1) is 10.5. The molecule has 2 atom stereocenters. The van der Waals surface area contributed by atoms with Crippen molar-refractivity contribution in [2.24, 2.45) is 0 Å². The van der Waals surface area contributed by atoms with Crippen LogP contribution in [0.1, 0.15) is 53.7 Å². The van der Waals surface area contributed by atoms with E-state index < -0.39 is 0 Å². The molecule has 0 saturated carbocycles. The van der Waals surface area contributed by atoms with E-state index in [1.54, 1.807) is 0 Å². The van der Waals surface area contributed by atoms with Crippen LogP contribution >= 0.6 is 0 Å². The molecule has 2 N–H and O–H groups in total. The van der Waals surface area contributed by atoms with E-state index >= 15 is 0 Å². The van der Waals surface area contributed by atoms with Crippen LogP contribution in [0, 0.1) is 13.8 Å². The minimum atomic E-state index is -0.123. The van der Waals surface area contributed by atoms with Crippen molar-refractivity contribution < 1.29 is 4.79 Å². The summed E-state index contributed by atoms with van der Waals surface area (Å²) in [5.41, 5.74) is 5.03. The molecule has 3 rings (SSSR count). The number of hydrogen-bond acceptors (Lipinski definition) is 2. The smallest absolute Gasteiger partial charge is 0.258 e. The molecule has 2 heterocycles. The lowest BCUT2D eigenvalue weighted by Crippen LogP contribution is -2.47. The van der Waals surface area contributed by atoms with Gasteiger partial charge in [-0.15, -0.1) is 0 Å². The molecule has 116 valence electrons. The molecule has 1 aromatic heterocycles. The van der Waals surface area contributed by atoms with Crippen molar-refractivity contribution in [3.8, 4) is 0 Å². The third-order valence-corrected chi connectivity index (χ3v) is 4.51. The first-order valence-electron chi connectivity index (χ1n) is 7.87. The van der Waals surface area contributed by atoms with Crippen molar-refractivity contribution >= 4 is 11.6 Å². The maximum Gasteiger partial charge on any atom is 0.258 e. The standard InChI is InChI=1S/C18H23N3O/c1-5-12(3)21-17(15-10-11(2)19-13(15)4)20-16-9-7-6-8-14(16)18(21)22/h6-10,12,17,19-20H,5H2,1-4H3/t12-,17-/m0/s1. The molecule has 0 fully saturated rings. The number of nitrogens with zero attached hydrogens (tertiary/aromatic N) is 1. The molecular weight excluding hydrogens is 274 g/mol. The van der Waals surface area contributed by atoms with Gasteiger partial charge in [-0.1, -0.05) is 19.1 Å². The summed E-state index contributed by atoms with van der Waals surface area (Å²) in [7, 11) is 0. The summed E-state index contributed by atoms with van der Waals surface area (Å²) in [5.74, 6) is 0.104. The second-order valence-corrected chi connectivity index (χ2v) is 6.09. The number of benzene rings is 1. The Morgan fingerprint density at radius 1 is 1.27 bits per heavy atom. The summed E-state index contributed by atoms with van der Waals surface area (Å²) in [6.45, 7) is 8.33. The second kappa shape index (κ2) is 5.52. The van der Waals surface area contributed by atoms with Crippen molar-refractivity contribution in [3.05, 3.63) is 52.8 Å². The molecule has 0 bridgehead atoms. The average molecular weight is 297 g/mol. The van der Waals surface area contributed by atoms with Crippen molar-refractivity contribution in [3.63, 3.8) is 0 Å². The summed E-state index contributed by atoms with van der Waals surface area (Å²) >= 11 is 0. The number of rotatable bonds is 3. The predicted molar refractivity (Wildman–Crippen MR) is 89.0 cm³/mol. The maximum atomic E-state index is 13.0. The Morgan fingerprint density at radius 2 is 2.00 bits per heavy atom. The van der Waals surface area contributed by atoms with Gasteiger partial charge in [-0.25, -0.2) is 0 Å². The fourth-order valence-electron chi connectivity index (χ4n) is 3.18. The molecule has 0 radical (unpaired) electrons. The van der Waals surface area contributed by atoms with Crippen molar-refractivity contribution in [2.45, 2.75) is 46.3 Å². The molecule has 22 heavy (non-hydrogen) atoms. The van der Waals surface area contributed by atoms with E-state index in [-0.39, 0.29) is 18.1 Å². The Labute approximate surface area is 131 Å². The zero-order valence-electron chi connectivity index (χ0n) is 13.6. The van der Waals surface area contributed by atoms with E-state index in [1.165, 1.54) is 0 Å². The Balaban J connectivity index is 2.11. The molecule has 4 heteroatoms. The van der Waals surface area contributed by atoms with E-state index in [9.17, 15) is 4.79 Å². The largest absolute Gasteiger partial charge is 0.362 e. The van der Waals surface area contributed by atoms with Gasteiger partial charge in [0.2, 0.25) is 0 Å². The molecule has 2 aromatic rings. The van der Waals surface area contributed by atoms with E-state index in [4.69, 9.17) is 0 Å². The Kier molecular flexibility index (Phi) is 3.69. The highest BCUT2D eigenvalue weighted by Crippen LogP contribution is 2.36. The number of nitrogens with one attached hydrogen (secondary N) is 2. The number of amides is 1. The van der Waals surface area contributed by atoms with Crippen molar-refractivity contribution in [2.75, 3.05) is 5.32 Å². The molecule has 0 unspecified atom stereocenters. The Bertz CT molecular complexity index is 704. The number of aromatic amines is 1. The number of aryl methyl sites for hydroxylation is 2. The van der Waals surface area contributed by atoms with Crippen molar-refractivity contribution in [1.29, 1.82) is 0 Å². The number of para-hydroxylation sites is 1. The van der Waals surface area contributed by atoms with Gasteiger partial charge in [0.1, 0.15) is 6.17 Å². The summed E-state index contributed by atoms with van der Waals surface area (Å²) < 4.78 is 0. The number of carbonyl (C=O) groups is 1. The SMILES string of the molecule is CC[C@H](C)N1C(=O)c2ccccc2N[C@@H]1c1cc(C)[nH]c1C. The highest BCUT2D eigenvalue weighted by molar-refractivity contribution is 6.01. The van der Waals surface area contributed by atoms with Gasteiger partial charge in [0, 0.05) is 28.7 Å².